The van der Waals surface area contributed by atoms with E-state index in [-0.39, 0.29) is 5.60 Å². The third kappa shape index (κ3) is 3.62. The molecule has 0 aromatic rings. The van der Waals surface area contributed by atoms with Gasteiger partial charge in [-0.3, -0.25) is 4.90 Å². The lowest BCUT2D eigenvalue weighted by Crippen LogP contribution is -2.58. The second-order valence-electron chi connectivity index (χ2n) is 8.08. The summed E-state index contributed by atoms with van der Waals surface area (Å²) in [4.78, 5) is 2.67. The molecule has 3 unspecified atom stereocenters. The first-order valence-corrected chi connectivity index (χ1v) is 9.23. The van der Waals surface area contributed by atoms with Gasteiger partial charge in [-0.2, -0.15) is 0 Å². The van der Waals surface area contributed by atoms with Crippen molar-refractivity contribution < 1.29 is 4.74 Å². The number of rotatable bonds is 3. The van der Waals surface area contributed by atoms with E-state index in [0.717, 1.165) is 13.1 Å². The summed E-state index contributed by atoms with van der Waals surface area (Å²) in [6.07, 6.45) is 9.88. The second-order valence-corrected chi connectivity index (χ2v) is 8.08. The van der Waals surface area contributed by atoms with Crippen LogP contribution in [0.2, 0.25) is 0 Å². The molecular weight excluding hydrogens is 260 g/mol. The fraction of sp³-hybridized carbons (Fsp3) is 1.00. The van der Waals surface area contributed by atoms with Gasteiger partial charge in [0.15, 0.2) is 0 Å². The van der Waals surface area contributed by atoms with Gasteiger partial charge in [0.05, 0.1) is 11.7 Å². The van der Waals surface area contributed by atoms with Gasteiger partial charge in [0.2, 0.25) is 0 Å². The molecule has 2 saturated heterocycles. The first-order valence-electron chi connectivity index (χ1n) is 9.23. The topological polar surface area (TPSA) is 24.5 Å². The third-order valence-corrected chi connectivity index (χ3v) is 6.08. The molecule has 0 radical (unpaired) electrons. The van der Waals surface area contributed by atoms with Gasteiger partial charge < -0.3 is 10.1 Å². The molecule has 1 saturated carbocycles. The molecule has 3 fully saturated rings. The molecule has 3 heteroatoms. The van der Waals surface area contributed by atoms with Crippen molar-refractivity contribution in [1.29, 1.82) is 0 Å². The van der Waals surface area contributed by atoms with Crippen molar-refractivity contribution in [2.75, 3.05) is 19.6 Å². The SMILES string of the molecule is CC(C)C1CN(CC2CCC3(CCCCC3)O2)C(C)CN1. The predicted molar refractivity (Wildman–Crippen MR) is 87.6 cm³/mol. The van der Waals surface area contributed by atoms with E-state index in [1.165, 1.54) is 51.5 Å². The summed E-state index contributed by atoms with van der Waals surface area (Å²) in [6, 6.07) is 1.29. The molecule has 3 atom stereocenters. The van der Waals surface area contributed by atoms with Crippen molar-refractivity contribution >= 4 is 0 Å². The Morgan fingerprint density at radius 3 is 2.67 bits per heavy atom. The van der Waals surface area contributed by atoms with Gasteiger partial charge in [-0.15, -0.1) is 0 Å². The maximum absolute atomic E-state index is 6.57. The van der Waals surface area contributed by atoms with E-state index in [2.05, 4.69) is 31.0 Å². The minimum atomic E-state index is 0.275. The lowest BCUT2D eigenvalue weighted by molar-refractivity contribution is -0.0771. The zero-order valence-corrected chi connectivity index (χ0v) is 14.2. The monoisotopic (exact) mass is 294 g/mol. The molecule has 0 amide bonds. The smallest absolute Gasteiger partial charge is 0.0710 e. The summed E-state index contributed by atoms with van der Waals surface area (Å²) >= 11 is 0. The van der Waals surface area contributed by atoms with Crippen LogP contribution in [0.5, 0.6) is 0 Å². The number of ether oxygens (including phenoxy) is 1. The van der Waals surface area contributed by atoms with Gasteiger partial charge in [-0.05, 0) is 38.5 Å². The molecule has 1 spiro atoms. The molecule has 2 heterocycles. The standard InChI is InChI=1S/C18H34N2O/c1-14(2)17-13-20(15(3)11-19-17)12-16-7-10-18(21-16)8-5-4-6-9-18/h14-17,19H,4-13H2,1-3H3. The fourth-order valence-electron chi connectivity index (χ4n) is 4.50. The van der Waals surface area contributed by atoms with E-state index >= 15 is 0 Å². The average molecular weight is 294 g/mol. The Labute approximate surface area is 130 Å². The Bertz CT molecular complexity index is 338. The molecular formula is C18H34N2O. The number of hydrogen-bond acceptors (Lipinski definition) is 3. The van der Waals surface area contributed by atoms with E-state index in [0.29, 0.717) is 24.1 Å². The minimum Gasteiger partial charge on any atom is -0.370 e. The Morgan fingerprint density at radius 1 is 1.19 bits per heavy atom. The molecule has 0 aromatic carbocycles. The molecule has 1 aliphatic carbocycles. The van der Waals surface area contributed by atoms with Crippen LogP contribution in [-0.4, -0.2) is 48.3 Å². The van der Waals surface area contributed by atoms with Gasteiger partial charge in [-0.25, -0.2) is 0 Å². The molecule has 1 N–H and O–H groups in total. The van der Waals surface area contributed by atoms with Crippen molar-refractivity contribution in [3.05, 3.63) is 0 Å². The lowest BCUT2D eigenvalue weighted by Gasteiger charge is -2.42. The highest BCUT2D eigenvalue weighted by atomic mass is 16.5. The Balaban J connectivity index is 1.54. The molecule has 3 rings (SSSR count). The van der Waals surface area contributed by atoms with Crippen molar-refractivity contribution in [2.24, 2.45) is 5.92 Å². The molecule has 0 bridgehead atoms. The van der Waals surface area contributed by atoms with Gasteiger partial charge in [0.25, 0.3) is 0 Å². The number of nitrogens with one attached hydrogen (secondary N) is 1. The fourth-order valence-corrected chi connectivity index (χ4v) is 4.50. The Hall–Kier alpha value is -0.120. The summed E-state index contributed by atoms with van der Waals surface area (Å²) in [6.45, 7) is 10.5. The van der Waals surface area contributed by atoms with Crippen LogP contribution in [0.3, 0.4) is 0 Å². The van der Waals surface area contributed by atoms with Crippen LogP contribution in [0.4, 0.5) is 0 Å². The van der Waals surface area contributed by atoms with Gasteiger partial charge in [0.1, 0.15) is 0 Å². The molecule has 0 aromatic heterocycles. The van der Waals surface area contributed by atoms with Crippen LogP contribution >= 0.6 is 0 Å². The molecule has 2 aliphatic heterocycles. The zero-order chi connectivity index (χ0) is 14.9. The van der Waals surface area contributed by atoms with Crippen LogP contribution in [0.1, 0.15) is 65.7 Å². The highest BCUT2D eigenvalue weighted by Gasteiger charge is 2.41. The van der Waals surface area contributed by atoms with E-state index in [1.54, 1.807) is 0 Å². The Kier molecular flexibility index (Phi) is 4.92. The van der Waals surface area contributed by atoms with E-state index in [1.807, 2.05) is 0 Å². The summed E-state index contributed by atoms with van der Waals surface area (Å²) in [5.74, 6) is 0.717. The lowest BCUT2D eigenvalue weighted by atomic mass is 9.83. The summed E-state index contributed by atoms with van der Waals surface area (Å²) in [5, 5.41) is 3.70. The van der Waals surface area contributed by atoms with Crippen LogP contribution < -0.4 is 5.32 Å². The van der Waals surface area contributed by atoms with Crippen molar-refractivity contribution in [2.45, 2.75) is 89.5 Å². The van der Waals surface area contributed by atoms with Gasteiger partial charge >= 0.3 is 0 Å². The molecule has 3 aliphatic rings. The van der Waals surface area contributed by atoms with Crippen LogP contribution in [-0.2, 0) is 4.74 Å². The first kappa shape index (κ1) is 15.8. The largest absolute Gasteiger partial charge is 0.370 e. The highest BCUT2D eigenvalue weighted by Crippen LogP contribution is 2.42. The van der Waals surface area contributed by atoms with Gasteiger partial charge in [0, 0.05) is 31.7 Å². The summed E-state index contributed by atoms with van der Waals surface area (Å²) in [7, 11) is 0. The number of hydrogen-bond donors (Lipinski definition) is 1. The quantitative estimate of drug-likeness (QED) is 0.865. The van der Waals surface area contributed by atoms with Crippen molar-refractivity contribution in [1.82, 2.24) is 10.2 Å². The number of piperazine rings is 1. The zero-order valence-electron chi connectivity index (χ0n) is 14.2. The summed E-state index contributed by atoms with van der Waals surface area (Å²) < 4.78 is 6.57. The average Bonchev–Trinajstić information content (AvgIpc) is 2.84. The third-order valence-electron chi connectivity index (χ3n) is 6.08. The first-order chi connectivity index (χ1) is 10.1. The van der Waals surface area contributed by atoms with E-state index < -0.39 is 0 Å². The van der Waals surface area contributed by atoms with Crippen LogP contribution in [0.25, 0.3) is 0 Å². The van der Waals surface area contributed by atoms with Crippen molar-refractivity contribution in [3.63, 3.8) is 0 Å². The maximum Gasteiger partial charge on any atom is 0.0710 e. The van der Waals surface area contributed by atoms with E-state index in [4.69, 9.17) is 4.74 Å². The second kappa shape index (κ2) is 6.55. The molecule has 3 nitrogen and oxygen atoms in total. The van der Waals surface area contributed by atoms with Crippen molar-refractivity contribution in [3.8, 4) is 0 Å². The molecule has 21 heavy (non-hydrogen) atoms. The Morgan fingerprint density at radius 2 is 1.95 bits per heavy atom. The van der Waals surface area contributed by atoms with Gasteiger partial charge in [-0.1, -0.05) is 33.1 Å². The van der Waals surface area contributed by atoms with E-state index in [9.17, 15) is 0 Å². The summed E-state index contributed by atoms with van der Waals surface area (Å²) in [5.41, 5.74) is 0.275. The highest BCUT2D eigenvalue weighted by molar-refractivity contribution is 4.94. The molecule has 122 valence electrons. The number of nitrogens with zero attached hydrogens (tertiary/aromatic N) is 1. The van der Waals surface area contributed by atoms with Crippen LogP contribution in [0, 0.1) is 5.92 Å². The van der Waals surface area contributed by atoms with Crippen LogP contribution in [0.15, 0.2) is 0 Å². The normalized spacial score (nSPS) is 37.4. The predicted octanol–water partition coefficient (Wildman–Crippen LogP) is 3.19. The minimum absolute atomic E-state index is 0.275. The maximum atomic E-state index is 6.57.